The summed E-state index contributed by atoms with van der Waals surface area (Å²) in [6.45, 7) is 8.96. The summed E-state index contributed by atoms with van der Waals surface area (Å²) in [6.07, 6.45) is -5.37. The van der Waals surface area contributed by atoms with Crippen LogP contribution in [0.3, 0.4) is 0 Å². The van der Waals surface area contributed by atoms with Crippen LogP contribution in [0.25, 0.3) is 0 Å². The van der Waals surface area contributed by atoms with Gasteiger partial charge in [-0.1, -0.05) is 6.92 Å². The van der Waals surface area contributed by atoms with Gasteiger partial charge >= 0.3 is 23.9 Å². The van der Waals surface area contributed by atoms with Crippen LogP contribution in [-0.4, -0.2) is 94.3 Å². The van der Waals surface area contributed by atoms with Gasteiger partial charge in [0.1, 0.15) is 17.8 Å². The van der Waals surface area contributed by atoms with E-state index in [2.05, 4.69) is 0 Å². The van der Waals surface area contributed by atoms with Gasteiger partial charge in [0.15, 0.2) is 11.5 Å². The Morgan fingerprint density at radius 3 is 2.37 bits per heavy atom. The summed E-state index contributed by atoms with van der Waals surface area (Å²) < 4.78 is 28.0. The number of hydrogen-bond acceptors (Lipinski definition) is 13. The van der Waals surface area contributed by atoms with E-state index in [0.717, 1.165) is 13.2 Å². The summed E-state index contributed by atoms with van der Waals surface area (Å²) in [6, 6.07) is 0. The third-order valence-corrected chi connectivity index (χ3v) is 10.8. The molecule has 4 fully saturated rings. The van der Waals surface area contributed by atoms with Gasteiger partial charge in [0, 0.05) is 30.8 Å². The SMILES string of the molecule is COC(=O)C12OCC34C(CC5C(C)=C(O)C(=O)CC5(C)C3C(O)C1O)OC(=O)C(OC(=O)C=C(C)C(C)(C)OC(C)=O)C24. The number of ether oxygens (including phenoxy) is 5. The van der Waals surface area contributed by atoms with E-state index < -0.39 is 93.9 Å². The number of carbonyl (C=O) groups excluding carboxylic acids is 5. The van der Waals surface area contributed by atoms with Gasteiger partial charge in [-0.15, -0.1) is 0 Å². The van der Waals surface area contributed by atoms with Gasteiger partial charge < -0.3 is 39.0 Å². The van der Waals surface area contributed by atoms with Crippen molar-refractivity contribution in [3.8, 4) is 0 Å². The molecule has 236 valence electrons. The molecule has 0 aromatic carbocycles. The molecule has 0 radical (unpaired) electrons. The van der Waals surface area contributed by atoms with E-state index >= 15 is 0 Å². The first-order valence-corrected chi connectivity index (χ1v) is 14.2. The van der Waals surface area contributed by atoms with Crippen molar-refractivity contribution in [2.45, 2.75) is 90.0 Å². The number of hydrogen-bond donors (Lipinski definition) is 3. The molecular weight excluding hydrogens is 568 g/mol. The van der Waals surface area contributed by atoms with Crippen LogP contribution < -0.4 is 0 Å². The molecule has 2 saturated heterocycles. The standard InChI is InChI=1S/C30H38O13/c1-12(27(4,5)43-14(3)31)8-18(33)42-21-23-29-11-40-30(23,26(38)39-7)24(36)20(35)22(29)28(6)10-16(32)19(34)13(2)15(28)9-17(29)41-25(21)37/h8,15,17,20-24,34-36H,9-11H2,1-7H3. The first-order valence-electron chi connectivity index (χ1n) is 14.2. The highest BCUT2D eigenvalue weighted by Crippen LogP contribution is 2.72. The highest BCUT2D eigenvalue weighted by atomic mass is 16.6. The maximum absolute atomic E-state index is 13.7. The molecule has 0 aromatic rings. The van der Waals surface area contributed by atoms with Crippen LogP contribution in [0.4, 0.5) is 0 Å². The van der Waals surface area contributed by atoms with E-state index in [1.807, 2.05) is 0 Å². The Kier molecular flexibility index (Phi) is 7.14. The van der Waals surface area contributed by atoms with Crippen LogP contribution in [0.5, 0.6) is 0 Å². The molecule has 10 atom stereocenters. The second kappa shape index (κ2) is 9.86. The van der Waals surface area contributed by atoms with E-state index in [1.165, 1.54) is 13.8 Å². The van der Waals surface area contributed by atoms with Crippen molar-refractivity contribution in [1.82, 2.24) is 0 Å². The predicted octanol–water partition coefficient (Wildman–Crippen LogP) is 0.839. The van der Waals surface area contributed by atoms with Crippen LogP contribution in [0, 0.1) is 28.6 Å². The molecule has 5 rings (SSSR count). The Bertz CT molecular complexity index is 1360. The lowest BCUT2D eigenvalue weighted by Gasteiger charge is -2.67. The number of aliphatic hydroxyl groups is 3. The molecule has 3 aliphatic carbocycles. The number of ketones is 1. The number of allylic oxidation sites excluding steroid dienone is 2. The molecule has 13 heteroatoms. The van der Waals surface area contributed by atoms with Crippen LogP contribution >= 0.6 is 0 Å². The summed E-state index contributed by atoms with van der Waals surface area (Å²) in [4.78, 5) is 64.9. The Morgan fingerprint density at radius 2 is 1.77 bits per heavy atom. The maximum atomic E-state index is 13.7. The van der Waals surface area contributed by atoms with Crippen molar-refractivity contribution < 1.29 is 63.0 Å². The van der Waals surface area contributed by atoms with E-state index in [-0.39, 0.29) is 25.2 Å². The fourth-order valence-electron chi connectivity index (χ4n) is 8.81. The van der Waals surface area contributed by atoms with Crippen molar-refractivity contribution in [2.24, 2.45) is 28.6 Å². The fourth-order valence-corrected chi connectivity index (χ4v) is 8.81. The number of fused-ring (bicyclic) bond motifs is 2. The normalized spacial score (nSPS) is 42.0. The number of Topliss-reactive ketones (excluding diaryl/α,β-unsaturated/α-hetero) is 1. The molecule has 1 spiro atoms. The molecule has 0 aromatic heterocycles. The molecule has 10 unspecified atom stereocenters. The van der Waals surface area contributed by atoms with Gasteiger partial charge in [-0.2, -0.15) is 0 Å². The minimum absolute atomic E-state index is 0.123. The Balaban J connectivity index is 1.64. The van der Waals surface area contributed by atoms with Crippen LogP contribution in [-0.2, 0) is 47.7 Å². The molecule has 2 saturated carbocycles. The smallest absolute Gasteiger partial charge is 0.348 e. The summed E-state index contributed by atoms with van der Waals surface area (Å²) in [5, 5.41) is 33.9. The van der Waals surface area contributed by atoms with Crippen LogP contribution in [0.1, 0.15) is 54.4 Å². The minimum Gasteiger partial charge on any atom is -0.504 e. The average Bonchev–Trinajstić information content (AvgIpc) is 3.21. The zero-order valence-electron chi connectivity index (χ0n) is 25.2. The Labute approximate surface area is 248 Å². The zero-order valence-corrected chi connectivity index (χ0v) is 25.2. The molecule has 5 aliphatic rings. The van der Waals surface area contributed by atoms with Crippen LogP contribution in [0.2, 0.25) is 0 Å². The molecular formula is C30H38O13. The topological polar surface area (TPSA) is 192 Å². The Morgan fingerprint density at radius 1 is 1.12 bits per heavy atom. The van der Waals surface area contributed by atoms with E-state index in [0.29, 0.717) is 11.1 Å². The van der Waals surface area contributed by atoms with E-state index in [9.17, 15) is 39.3 Å². The first-order chi connectivity index (χ1) is 19.9. The lowest BCUT2D eigenvalue weighted by atomic mass is 9.38. The van der Waals surface area contributed by atoms with Gasteiger partial charge in [0.05, 0.1) is 25.7 Å². The lowest BCUT2D eigenvalue weighted by molar-refractivity contribution is -0.290. The quantitative estimate of drug-likeness (QED) is 0.227. The van der Waals surface area contributed by atoms with Crippen molar-refractivity contribution in [3.63, 3.8) is 0 Å². The summed E-state index contributed by atoms with van der Waals surface area (Å²) in [7, 11) is 1.06. The maximum Gasteiger partial charge on any atom is 0.348 e. The van der Waals surface area contributed by atoms with Gasteiger partial charge in [-0.3, -0.25) is 9.59 Å². The molecule has 13 nitrogen and oxygen atoms in total. The lowest BCUT2D eigenvalue weighted by Crippen LogP contribution is -2.79. The molecule has 0 amide bonds. The fraction of sp³-hybridized carbons (Fsp3) is 0.700. The molecule has 3 N–H and O–H groups in total. The first kappa shape index (κ1) is 31.1. The number of rotatable bonds is 5. The largest absolute Gasteiger partial charge is 0.504 e. The number of carbonyl (C=O) groups is 5. The van der Waals surface area contributed by atoms with E-state index in [4.69, 9.17) is 23.7 Å². The Hall–Kier alpha value is -3.29. The average molecular weight is 607 g/mol. The summed E-state index contributed by atoms with van der Waals surface area (Å²) >= 11 is 0. The van der Waals surface area contributed by atoms with Crippen molar-refractivity contribution in [3.05, 3.63) is 23.0 Å². The number of methoxy groups -OCH3 is 1. The number of esters is 4. The highest BCUT2D eigenvalue weighted by molar-refractivity contribution is 5.95. The molecule has 2 aliphatic heterocycles. The van der Waals surface area contributed by atoms with Crippen molar-refractivity contribution in [2.75, 3.05) is 13.7 Å². The van der Waals surface area contributed by atoms with Gasteiger partial charge in [0.25, 0.3) is 0 Å². The summed E-state index contributed by atoms with van der Waals surface area (Å²) in [5.74, 6) is -7.48. The van der Waals surface area contributed by atoms with Gasteiger partial charge in [-0.05, 0) is 56.6 Å². The second-order valence-electron chi connectivity index (χ2n) is 13.2. The predicted molar refractivity (Wildman–Crippen MR) is 143 cm³/mol. The number of aliphatic hydroxyl groups excluding tert-OH is 3. The second-order valence-corrected chi connectivity index (χ2v) is 13.2. The molecule has 2 bridgehead atoms. The van der Waals surface area contributed by atoms with Crippen LogP contribution in [0.15, 0.2) is 23.0 Å². The third-order valence-electron chi connectivity index (χ3n) is 10.8. The monoisotopic (exact) mass is 606 g/mol. The van der Waals surface area contributed by atoms with Crippen molar-refractivity contribution >= 4 is 29.7 Å². The van der Waals surface area contributed by atoms with Gasteiger partial charge in [0.2, 0.25) is 11.7 Å². The van der Waals surface area contributed by atoms with Gasteiger partial charge in [-0.25, -0.2) is 14.4 Å². The third kappa shape index (κ3) is 4.03. The molecule has 43 heavy (non-hydrogen) atoms. The summed E-state index contributed by atoms with van der Waals surface area (Å²) in [5.41, 5.74) is -5.29. The minimum atomic E-state index is -2.31. The highest BCUT2D eigenvalue weighted by Gasteiger charge is 2.85. The van der Waals surface area contributed by atoms with Crippen molar-refractivity contribution in [1.29, 1.82) is 0 Å². The zero-order chi connectivity index (χ0) is 32.0. The molecule has 2 heterocycles. The van der Waals surface area contributed by atoms with E-state index in [1.54, 1.807) is 27.7 Å².